The number of aryl methyl sites for hydroxylation is 1. The van der Waals surface area contributed by atoms with Crippen LogP contribution >= 0.6 is 0 Å². The number of hydrogen-bond acceptors (Lipinski definition) is 4. The lowest BCUT2D eigenvalue weighted by Gasteiger charge is -2.24. The molecule has 1 aromatic rings. The van der Waals surface area contributed by atoms with Crippen molar-refractivity contribution in [2.24, 2.45) is 0 Å². The lowest BCUT2D eigenvalue weighted by Crippen LogP contribution is -2.39. The van der Waals surface area contributed by atoms with Crippen molar-refractivity contribution in [3.05, 3.63) is 22.7 Å². The van der Waals surface area contributed by atoms with Gasteiger partial charge in [-0.25, -0.2) is 4.98 Å². The van der Waals surface area contributed by atoms with Crippen molar-refractivity contribution in [2.75, 3.05) is 25.0 Å². The fraction of sp³-hybridized carbons (Fsp3) is 0.636. The molecule has 1 aliphatic rings. The lowest BCUT2D eigenvalue weighted by atomic mass is 10.2. The molecule has 1 N–H and O–H groups in total. The summed E-state index contributed by atoms with van der Waals surface area (Å²) >= 11 is 0. The molecule has 1 saturated heterocycles. The molecule has 2 rings (SSSR count). The van der Waals surface area contributed by atoms with Crippen LogP contribution in [0.5, 0.6) is 0 Å². The minimum atomic E-state index is -0.000556. The van der Waals surface area contributed by atoms with Gasteiger partial charge in [-0.2, -0.15) is 0 Å². The van der Waals surface area contributed by atoms with E-state index in [1.807, 2.05) is 18.9 Å². The largest absolute Gasteiger partial charge is 0.351 e. The van der Waals surface area contributed by atoms with E-state index in [4.69, 9.17) is 0 Å². The van der Waals surface area contributed by atoms with E-state index < -0.39 is 0 Å². The zero-order valence-corrected chi connectivity index (χ0v) is 9.81. The highest BCUT2D eigenvalue weighted by atomic mass is 16.1. The molecule has 0 aliphatic carbocycles. The maximum Gasteiger partial charge on any atom is 0.293 e. The molecule has 88 valence electrons. The van der Waals surface area contributed by atoms with E-state index in [0.717, 1.165) is 19.5 Å². The van der Waals surface area contributed by atoms with Gasteiger partial charge in [0.25, 0.3) is 5.56 Å². The van der Waals surface area contributed by atoms with Crippen LogP contribution in [0.25, 0.3) is 0 Å². The number of rotatable bonds is 3. The van der Waals surface area contributed by atoms with E-state index in [2.05, 4.69) is 10.3 Å². The van der Waals surface area contributed by atoms with E-state index in [9.17, 15) is 4.79 Å². The molecule has 0 aromatic carbocycles. The molecule has 0 bridgehead atoms. The number of aromatic nitrogens is 2. The molecule has 1 unspecified atom stereocenters. The van der Waals surface area contributed by atoms with Crippen LogP contribution in [0.4, 0.5) is 5.82 Å². The molecule has 0 spiro atoms. The van der Waals surface area contributed by atoms with Crippen molar-refractivity contribution >= 4 is 5.82 Å². The molecule has 1 atom stereocenters. The molecule has 5 heteroatoms. The molecule has 1 aliphatic heterocycles. The number of likely N-dealkylation sites (N-methyl/N-ethyl adjacent to an activating group) is 1. The van der Waals surface area contributed by atoms with Gasteiger partial charge in [0.15, 0.2) is 5.82 Å². The minimum Gasteiger partial charge on any atom is -0.351 e. The van der Waals surface area contributed by atoms with Crippen LogP contribution in [0.2, 0.25) is 0 Å². The van der Waals surface area contributed by atoms with E-state index in [1.165, 1.54) is 0 Å². The highest BCUT2D eigenvalue weighted by Gasteiger charge is 2.22. The summed E-state index contributed by atoms with van der Waals surface area (Å²) in [6, 6.07) is 0.382. The Hall–Kier alpha value is -1.36. The Morgan fingerprint density at radius 3 is 3.12 bits per heavy atom. The van der Waals surface area contributed by atoms with Crippen LogP contribution in [-0.2, 0) is 6.54 Å². The summed E-state index contributed by atoms with van der Waals surface area (Å²) in [6.07, 6.45) is 4.49. The van der Waals surface area contributed by atoms with Gasteiger partial charge in [-0.15, -0.1) is 0 Å². The standard InChI is InChI=1S/C11H18N4O/c1-3-15-7-6-13-10(11(15)16)14(2)9-4-5-12-8-9/h6-7,9,12H,3-5,8H2,1-2H3. The monoisotopic (exact) mass is 222 g/mol. The summed E-state index contributed by atoms with van der Waals surface area (Å²) in [5.74, 6) is 0.554. The van der Waals surface area contributed by atoms with Crippen LogP contribution in [-0.4, -0.2) is 35.7 Å². The van der Waals surface area contributed by atoms with Gasteiger partial charge in [-0.05, 0) is 19.9 Å². The average molecular weight is 222 g/mol. The first-order chi connectivity index (χ1) is 7.74. The van der Waals surface area contributed by atoms with Crippen molar-refractivity contribution in [2.45, 2.75) is 25.9 Å². The summed E-state index contributed by atoms with van der Waals surface area (Å²) in [7, 11) is 1.95. The molecule has 0 radical (unpaired) electrons. The number of anilines is 1. The number of nitrogens with zero attached hydrogens (tertiary/aromatic N) is 3. The van der Waals surface area contributed by atoms with Crippen molar-refractivity contribution in [3.63, 3.8) is 0 Å². The Balaban J connectivity index is 2.28. The second-order valence-corrected chi connectivity index (χ2v) is 4.10. The predicted octanol–water partition coefficient (Wildman–Crippen LogP) is 0.0613. The van der Waals surface area contributed by atoms with E-state index >= 15 is 0 Å². The Labute approximate surface area is 95.1 Å². The lowest BCUT2D eigenvalue weighted by molar-refractivity contribution is 0.653. The fourth-order valence-electron chi connectivity index (χ4n) is 2.07. The predicted molar refractivity (Wildman–Crippen MR) is 63.8 cm³/mol. The molecule has 2 heterocycles. The van der Waals surface area contributed by atoms with Crippen LogP contribution in [0.3, 0.4) is 0 Å². The number of hydrogen-bond donors (Lipinski definition) is 1. The van der Waals surface area contributed by atoms with Crippen LogP contribution < -0.4 is 15.8 Å². The van der Waals surface area contributed by atoms with Crippen molar-refractivity contribution in [1.82, 2.24) is 14.9 Å². The Bertz CT molecular complexity index is 409. The summed E-state index contributed by atoms with van der Waals surface area (Å²) < 4.78 is 1.68. The third-order valence-electron chi connectivity index (χ3n) is 3.15. The third kappa shape index (κ3) is 1.95. The summed E-state index contributed by atoms with van der Waals surface area (Å²) in [4.78, 5) is 18.2. The first-order valence-electron chi connectivity index (χ1n) is 5.73. The van der Waals surface area contributed by atoms with Crippen LogP contribution in [0.15, 0.2) is 17.2 Å². The second-order valence-electron chi connectivity index (χ2n) is 4.10. The highest BCUT2D eigenvalue weighted by Crippen LogP contribution is 2.11. The molecule has 0 amide bonds. The van der Waals surface area contributed by atoms with Gasteiger partial charge >= 0.3 is 0 Å². The third-order valence-corrected chi connectivity index (χ3v) is 3.15. The van der Waals surface area contributed by atoms with Crippen molar-refractivity contribution in [3.8, 4) is 0 Å². The first kappa shape index (κ1) is 11.1. The van der Waals surface area contributed by atoms with Gasteiger partial charge in [0, 0.05) is 38.6 Å². The quantitative estimate of drug-likeness (QED) is 0.786. The van der Waals surface area contributed by atoms with Gasteiger partial charge in [0.1, 0.15) is 0 Å². The van der Waals surface area contributed by atoms with E-state index in [0.29, 0.717) is 18.4 Å². The summed E-state index contributed by atoms with van der Waals surface area (Å²) in [5, 5.41) is 3.29. The molecule has 1 fully saturated rings. The van der Waals surface area contributed by atoms with Gasteiger partial charge in [0.2, 0.25) is 0 Å². The number of nitrogens with one attached hydrogen (secondary N) is 1. The SMILES string of the molecule is CCn1ccnc(N(C)C2CCNC2)c1=O. The summed E-state index contributed by atoms with van der Waals surface area (Å²) in [6.45, 7) is 4.59. The second kappa shape index (κ2) is 4.65. The molecular formula is C11H18N4O. The first-order valence-corrected chi connectivity index (χ1v) is 5.73. The summed E-state index contributed by atoms with van der Waals surface area (Å²) in [5.41, 5.74) is -0.000556. The van der Waals surface area contributed by atoms with Gasteiger partial charge in [-0.1, -0.05) is 0 Å². The smallest absolute Gasteiger partial charge is 0.293 e. The maximum atomic E-state index is 12.0. The zero-order chi connectivity index (χ0) is 11.5. The van der Waals surface area contributed by atoms with Crippen molar-refractivity contribution < 1.29 is 0 Å². The average Bonchev–Trinajstić information content (AvgIpc) is 2.82. The van der Waals surface area contributed by atoms with Crippen molar-refractivity contribution in [1.29, 1.82) is 0 Å². The van der Waals surface area contributed by atoms with Crippen LogP contribution in [0.1, 0.15) is 13.3 Å². The molecule has 16 heavy (non-hydrogen) atoms. The molecule has 5 nitrogen and oxygen atoms in total. The minimum absolute atomic E-state index is 0.000556. The van der Waals surface area contributed by atoms with Gasteiger partial charge in [-0.3, -0.25) is 4.79 Å². The molecule has 1 aromatic heterocycles. The molecule has 0 saturated carbocycles. The van der Waals surface area contributed by atoms with Gasteiger partial charge < -0.3 is 14.8 Å². The Morgan fingerprint density at radius 1 is 1.69 bits per heavy atom. The Morgan fingerprint density at radius 2 is 2.50 bits per heavy atom. The zero-order valence-electron chi connectivity index (χ0n) is 9.81. The highest BCUT2D eigenvalue weighted by molar-refractivity contribution is 5.36. The van der Waals surface area contributed by atoms with E-state index in [-0.39, 0.29) is 5.56 Å². The maximum absolute atomic E-state index is 12.0. The normalized spacial score (nSPS) is 20.0. The van der Waals surface area contributed by atoms with Crippen LogP contribution in [0, 0.1) is 0 Å². The fourth-order valence-corrected chi connectivity index (χ4v) is 2.07. The van der Waals surface area contributed by atoms with E-state index in [1.54, 1.807) is 17.0 Å². The Kier molecular flexibility index (Phi) is 3.24. The molecular weight excluding hydrogens is 204 g/mol. The topological polar surface area (TPSA) is 50.2 Å². The van der Waals surface area contributed by atoms with Gasteiger partial charge in [0.05, 0.1) is 0 Å².